The number of benzene rings is 1. The van der Waals surface area contributed by atoms with Crippen molar-refractivity contribution >= 4 is 6.09 Å². The van der Waals surface area contributed by atoms with Crippen molar-refractivity contribution in [3.8, 4) is 0 Å². The molecule has 17 heavy (non-hydrogen) atoms. The minimum absolute atomic E-state index is 0. The Balaban J connectivity index is 0.00000144. The second-order valence-electron chi connectivity index (χ2n) is 3.32. The maximum absolute atomic E-state index is 11.6. The number of ether oxygens (including phenoxy) is 1. The van der Waals surface area contributed by atoms with Crippen LogP contribution >= 0.6 is 0 Å². The molecule has 80 valence electrons. The maximum Gasteiger partial charge on any atom is 1.00 e. The number of pyridine rings is 1. The molecule has 0 radical (unpaired) electrons. The fourth-order valence-corrected chi connectivity index (χ4v) is 1.31. The molecular weight excluding hydrogens is 225 g/mol. The number of rotatable bonds is 2. The van der Waals surface area contributed by atoms with E-state index >= 15 is 0 Å². The van der Waals surface area contributed by atoms with Crippen LogP contribution in [0.1, 0.15) is 5.56 Å². The van der Waals surface area contributed by atoms with Crippen LogP contribution in [0.25, 0.3) is 0 Å². The molecule has 0 unspecified atom stereocenters. The van der Waals surface area contributed by atoms with E-state index in [0.29, 0.717) is 6.61 Å². The third-order valence-electron chi connectivity index (χ3n) is 2.13. The van der Waals surface area contributed by atoms with Crippen molar-refractivity contribution in [2.45, 2.75) is 6.61 Å². The minimum Gasteiger partial charge on any atom is -0.407 e. The van der Waals surface area contributed by atoms with Gasteiger partial charge in [-0.3, -0.25) is 0 Å². The Hall–Kier alpha value is -1.16. The van der Waals surface area contributed by atoms with Gasteiger partial charge in [0.25, 0.3) is 0 Å². The average Bonchev–Trinajstić information content (AvgIpc) is 2.38. The zero-order chi connectivity index (χ0) is 11.2. The second-order valence-corrected chi connectivity index (χ2v) is 3.32. The third kappa shape index (κ3) is 4.30. The summed E-state index contributed by atoms with van der Waals surface area (Å²) < 4.78 is 6.54. The van der Waals surface area contributed by atoms with Crippen molar-refractivity contribution in [3.63, 3.8) is 0 Å². The van der Waals surface area contributed by atoms with Crippen LogP contribution in [-0.4, -0.2) is 6.09 Å². The summed E-state index contributed by atoms with van der Waals surface area (Å²) in [5, 5.41) is 0. The Labute approximate surface area is 122 Å². The predicted octanol–water partition coefficient (Wildman–Crippen LogP) is -0.837. The molecule has 0 fully saturated rings. The molecule has 2 aromatic rings. The summed E-state index contributed by atoms with van der Waals surface area (Å²) in [7, 11) is 0. The summed E-state index contributed by atoms with van der Waals surface area (Å²) in [5.74, 6) is 0. The molecular formula is C13H12NNaO2+2. The van der Waals surface area contributed by atoms with Gasteiger partial charge in [0.2, 0.25) is 0 Å². The van der Waals surface area contributed by atoms with Gasteiger partial charge >= 0.3 is 35.7 Å². The molecule has 0 aliphatic rings. The zero-order valence-electron chi connectivity index (χ0n) is 9.74. The molecule has 1 heterocycles. The average molecular weight is 237 g/mol. The van der Waals surface area contributed by atoms with Crippen LogP contribution in [-0.2, 0) is 11.3 Å². The van der Waals surface area contributed by atoms with Crippen molar-refractivity contribution in [2.24, 2.45) is 0 Å². The van der Waals surface area contributed by atoms with Crippen molar-refractivity contribution in [1.29, 1.82) is 0 Å². The number of hydrogen-bond donors (Lipinski definition) is 0. The molecule has 2 rings (SSSR count). The van der Waals surface area contributed by atoms with Crippen molar-refractivity contribution in [3.05, 3.63) is 66.5 Å². The summed E-state index contributed by atoms with van der Waals surface area (Å²) in [5.41, 5.74) is 0.979. The maximum atomic E-state index is 11.6. The van der Waals surface area contributed by atoms with Gasteiger partial charge in [0.1, 0.15) is 6.61 Å². The van der Waals surface area contributed by atoms with Crippen LogP contribution in [0.5, 0.6) is 0 Å². The van der Waals surface area contributed by atoms with Crippen LogP contribution in [0.15, 0.2) is 60.9 Å². The van der Waals surface area contributed by atoms with E-state index in [9.17, 15) is 4.79 Å². The number of aromatic nitrogens is 1. The molecule has 0 saturated carbocycles. The molecule has 0 aliphatic heterocycles. The molecule has 0 bridgehead atoms. The van der Waals surface area contributed by atoms with Gasteiger partial charge in [-0.25, -0.2) is 0 Å². The molecule has 0 aliphatic carbocycles. The fraction of sp³-hybridized carbons (Fsp3) is 0.0769. The summed E-state index contributed by atoms with van der Waals surface area (Å²) >= 11 is 0. The quantitative estimate of drug-likeness (QED) is 0.504. The largest absolute Gasteiger partial charge is 1.00 e. The number of carbonyl (C=O) groups is 1. The Kier molecular flexibility index (Phi) is 5.91. The van der Waals surface area contributed by atoms with Crippen LogP contribution < -0.4 is 34.1 Å². The first-order chi connectivity index (χ1) is 7.86. The molecule has 0 N–H and O–H groups in total. The van der Waals surface area contributed by atoms with E-state index in [4.69, 9.17) is 4.74 Å². The van der Waals surface area contributed by atoms with E-state index in [1.165, 1.54) is 4.57 Å². The van der Waals surface area contributed by atoms with Gasteiger partial charge in [0.05, 0.1) is 0 Å². The Bertz CT molecular complexity index is 459. The molecule has 1 aromatic heterocycles. The van der Waals surface area contributed by atoms with Crippen molar-refractivity contribution < 1.29 is 43.7 Å². The molecule has 0 saturated heterocycles. The first kappa shape index (κ1) is 13.9. The summed E-state index contributed by atoms with van der Waals surface area (Å²) in [6.45, 7) is 0.293. The van der Waals surface area contributed by atoms with Crippen molar-refractivity contribution in [2.75, 3.05) is 0 Å². The van der Waals surface area contributed by atoms with Crippen LogP contribution in [0.4, 0.5) is 4.79 Å². The van der Waals surface area contributed by atoms with Crippen LogP contribution in [0, 0.1) is 0 Å². The summed E-state index contributed by atoms with van der Waals surface area (Å²) in [6, 6.07) is 15.0. The van der Waals surface area contributed by atoms with Gasteiger partial charge in [-0.2, -0.15) is 4.79 Å². The van der Waals surface area contributed by atoms with Gasteiger partial charge in [-0.1, -0.05) is 41.0 Å². The molecule has 0 atom stereocenters. The first-order valence-corrected chi connectivity index (χ1v) is 5.03. The Morgan fingerprint density at radius 3 is 2.24 bits per heavy atom. The van der Waals surface area contributed by atoms with E-state index in [2.05, 4.69) is 0 Å². The third-order valence-corrected chi connectivity index (χ3v) is 2.13. The van der Waals surface area contributed by atoms with Gasteiger partial charge in [0.15, 0.2) is 12.4 Å². The van der Waals surface area contributed by atoms with Crippen LogP contribution in [0.3, 0.4) is 0 Å². The second kappa shape index (κ2) is 7.22. The topological polar surface area (TPSA) is 30.2 Å². The first-order valence-electron chi connectivity index (χ1n) is 5.03. The number of hydrogen-bond acceptors (Lipinski definition) is 2. The number of nitrogens with zero attached hydrogens (tertiary/aromatic N) is 1. The molecule has 0 spiro atoms. The summed E-state index contributed by atoms with van der Waals surface area (Å²) in [6.07, 6.45) is 2.95. The van der Waals surface area contributed by atoms with Gasteiger partial charge in [-0.15, -0.1) is 0 Å². The molecule has 3 nitrogen and oxygen atoms in total. The molecule has 1 aromatic carbocycles. The predicted molar refractivity (Wildman–Crippen MR) is 58.7 cm³/mol. The fourth-order valence-electron chi connectivity index (χ4n) is 1.31. The van der Waals surface area contributed by atoms with E-state index in [1.807, 2.05) is 36.4 Å². The van der Waals surface area contributed by atoms with E-state index in [0.717, 1.165) is 5.56 Å². The SMILES string of the molecule is O=C(OCc1ccccc1)[n+]1ccccc1.[Na+]. The standard InChI is InChI=1S/C13H12NO2.Na/c15-13(14-9-5-2-6-10-14)16-11-12-7-3-1-4-8-12;/h1-10H,11H2;/q2*+1. The molecule has 4 heteroatoms. The zero-order valence-corrected chi connectivity index (χ0v) is 11.7. The smallest absolute Gasteiger partial charge is 0.407 e. The van der Waals surface area contributed by atoms with Gasteiger partial charge < -0.3 is 4.74 Å². The number of carbonyl (C=O) groups excluding carboxylic acids is 1. The van der Waals surface area contributed by atoms with E-state index in [1.54, 1.807) is 24.5 Å². The van der Waals surface area contributed by atoms with E-state index < -0.39 is 0 Å². The summed E-state index contributed by atoms with van der Waals surface area (Å²) in [4.78, 5) is 11.6. The van der Waals surface area contributed by atoms with Crippen LogP contribution in [0.2, 0.25) is 0 Å². The Morgan fingerprint density at radius 1 is 1.00 bits per heavy atom. The minimum atomic E-state index is -0.371. The monoisotopic (exact) mass is 237 g/mol. The Morgan fingerprint density at radius 2 is 1.59 bits per heavy atom. The van der Waals surface area contributed by atoms with Gasteiger partial charge in [0, 0.05) is 12.1 Å². The van der Waals surface area contributed by atoms with E-state index in [-0.39, 0.29) is 35.7 Å². The molecule has 0 amide bonds. The van der Waals surface area contributed by atoms with Crippen molar-refractivity contribution in [1.82, 2.24) is 0 Å². The normalized spacial score (nSPS) is 9.18. The van der Waals surface area contributed by atoms with Gasteiger partial charge in [-0.05, 0) is 5.56 Å².